The maximum Gasteiger partial charge on any atom is 2.00 e. The van der Waals surface area contributed by atoms with Gasteiger partial charge in [-0.3, -0.25) is 4.99 Å². The molecule has 0 saturated heterocycles. The van der Waals surface area contributed by atoms with E-state index >= 15 is 0 Å². The van der Waals surface area contributed by atoms with E-state index in [1.165, 1.54) is 11.1 Å². The topological polar surface area (TPSA) is 47.0 Å². The predicted molar refractivity (Wildman–Crippen MR) is 208 cm³/mol. The fourth-order valence-corrected chi connectivity index (χ4v) is 7.65. The Balaban J connectivity index is 0.00000464. The molecule has 0 fully saturated rings. The Bertz CT molecular complexity index is 2170. The summed E-state index contributed by atoms with van der Waals surface area (Å²) in [5.74, 6) is 2.89. The summed E-state index contributed by atoms with van der Waals surface area (Å²) in [5, 5.41) is 0. The minimum atomic E-state index is -0.652. The number of anilines is 3. The second-order valence-electron chi connectivity index (χ2n) is 16.4. The summed E-state index contributed by atoms with van der Waals surface area (Å²) >= 11 is 0. The van der Waals surface area contributed by atoms with E-state index in [1.54, 1.807) is 0 Å². The number of pyridine rings is 1. The van der Waals surface area contributed by atoms with Crippen molar-refractivity contribution in [3.8, 4) is 11.5 Å². The van der Waals surface area contributed by atoms with E-state index in [2.05, 4.69) is 166 Å². The Hall–Kier alpha value is -4.21. The molecule has 2 aliphatic rings. The Morgan fingerprint density at radius 3 is 2.19 bits per heavy atom. The summed E-state index contributed by atoms with van der Waals surface area (Å²) in [4.78, 5) is 12.4. The van der Waals surface area contributed by atoms with Crippen molar-refractivity contribution in [3.63, 3.8) is 0 Å². The van der Waals surface area contributed by atoms with Gasteiger partial charge in [-0.05, 0) is 65.5 Å². The van der Waals surface area contributed by atoms with Gasteiger partial charge in [-0.15, -0.1) is 29.3 Å². The first-order valence-corrected chi connectivity index (χ1v) is 18.0. The molecule has 0 saturated carbocycles. The SMILES string of the molecule is Cc1cc(C)c(C2=N[C@](C)(C(C)C)[C@@](C)(c3ccccc3)O2)[c-]c1Oc1[c-]c2c(cc1)C(C)(C)c1ccccc1N2c1cc(C(C)(C)C)ccn1.[Pt+2]. The fourth-order valence-electron chi connectivity index (χ4n) is 7.65. The van der Waals surface area contributed by atoms with Gasteiger partial charge in [0.15, 0.2) is 0 Å². The average molecular weight is 871 g/mol. The molecule has 7 rings (SSSR count). The molecule has 0 aliphatic carbocycles. The zero-order valence-corrected chi connectivity index (χ0v) is 34.5. The van der Waals surface area contributed by atoms with Crippen LogP contribution >= 0.6 is 0 Å². The number of para-hydroxylation sites is 1. The van der Waals surface area contributed by atoms with Gasteiger partial charge in [-0.25, -0.2) is 4.98 Å². The first-order valence-electron chi connectivity index (χ1n) is 18.0. The standard InChI is InChI=1S/C46H49N3O2.Pt/c1-29(2)45(10)46(11,32-17-13-12-14-18-32)51-42(48-45)35-28-40(31(4)25-30(35)3)50-34-21-22-37-39(27-34)49(38-20-16-15-19-36(38)44(37,8)9)41-26-33(23-24-47-41)43(5,6)7;/h12-26,29H,1-11H3;/q-2;+2/t45-,46-;/m1./s1. The van der Waals surface area contributed by atoms with E-state index in [-0.39, 0.29) is 37.8 Å². The van der Waals surface area contributed by atoms with Crippen molar-refractivity contribution in [2.75, 3.05) is 4.90 Å². The first kappa shape index (κ1) is 37.5. The normalized spacial score (nSPS) is 20.4. The minimum absolute atomic E-state index is 0. The van der Waals surface area contributed by atoms with Gasteiger partial charge in [0.25, 0.3) is 0 Å². The summed E-state index contributed by atoms with van der Waals surface area (Å²) in [7, 11) is 0. The second-order valence-corrected chi connectivity index (χ2v) is 16.4. The third-order valence-electron chi connectivity index (χ3n) is 11.4. The number of aliphatic imine (C=N–C) groups is 1. The number of ether oxygens (including phenoxy) is 2. The van der Waals surface area contributed by atoms with Gasteiger partial charge in [-0.1, -0.05) is 134 Å². The average Bonchev–Trinajstić information content (AvgIpc) is 3.38. The van der Waals surface area contributed by atoms with Crippen LogP contribution in [0, 0.1) is 31.9 Å². The molecule has 5 aromatic rings. The van der Waals surface area contributed by atoms with Gasteiger partial charge >= 0.3 is 21.1 Å². The molecule has 0 spiro atoms. The van der Waals surface area contributed by atoms with Gasteiger partial charge < -0.3 is 14.4 Å². The van der Waals surface area contributed by atoms with Crippen molar-refractivity contribution >= 4 is 23.1 Å². The molecular formula is C46H49N3O2Pt. The Labute approximate surface area is 324 Å². The van der Waals surface area contributed by atoms with E-state index in [4.69, 9.17) is 19.5 Å². The Morgan fingerprint density at radius 1 is 0.808 bits per heavy atom. The van der Waals surface area contributed by atoms with Crippen molar-refractivity contribution in [3.05, 3.63) is 142 Å². The second kappa shape index (κ2) is 13.3. The van der Waals surface area contributed by atoms with Gasteiger partial charge in [0, 0.05) is 23.4 Å². The van der Waals surface area contributed by atoms with Crippen molar-refractivity contribution in [2.24, 2.45) is 10.9 Å². The zero-order valence-electron chi connectivity index (χ0n) is 32.2. The van der Waals surface area contributed by atoms with Crippen LogP contribution in [0.3, 0.4) is 0 Å². The van der Waals surface area contributed by atoms with Crippen LogP contribution in [0.5, 0.6) is 11.5 Å². The van der Waals surface area contributed by atoms with Crippen LogP contribution in [0.15, 0.2) is 96.1 Å². The summed E-state index contributed by atoms with van der Waals surface area (Å²) in [6.45, 7) is 24.1. The van der Waals surface area contributed by atoms with E-state index < -0.39 is 11.1 Å². The van der Waals surface area contributed by atoms with Crippen LogP contribution in [-0.2, 0) is 42.2 Å². The van der Waals surface area contributed by atoms with Crippen LogP contribution in [-0.4, -0.2) is 16.4 Å². The summed E-state index contributed by atoms with van der Waals surface area (Å²) in [5.41, 5.74) is 8.11. The van der Waals surface area contributed by atoms with E-state index in [0.29, 0.717) is 17.4 Å². The van der Waals surface area contributed by atoms with Gasteiger partial charge in [0.05, 0.1) is 5.54 Å². The van der Waals surface area contributed by atoms with Crippen molar-refractivity contribution in [1.82, 2.24) is 4.98 Å². The number of hydrogen-bond acceptors (Lipinski definition) is 5. The Morgan fingerprint density at radius 2 is 1.50 bits per heavy atom. The summed E-state index contributed by atoms with van der Waals surface area (Å²) in [6, 6.07) is 36.9. The van der Waals surface area contributed by atoms with E-state index in [9.17, 15) is 0 Å². The smallest absolute Gasteiger partial charge is 0.508 e. The monoisotopic (exact) mass is 870 g/mol. The molecule has 3 heterocycles. The van der Waals surface area contributed by atoms with E-state index in [1.807, 2.05) is 18.3 Å². The largest absolute Gasteiger partial charge is 2.00 e. The number of aryl methyl sites for hydroxylation is 2. The number of aromatic nitrogens is 1. The maximum absolute atomic E-state index is 6.89. The number of nitrogens with zero attached hydrogens (tertiary/aromatic N) is 3. The molecule has 6 heteroatoms. The maximum atomic E-state index is 6.89. The molecule has 1 aromatic heterocycles. The summed E-state index contributed by atoms with van der Waals surface area (Å²) in [6.07, 6.45) is 1.91. The van der Waals surface area contributed by atoms with Crippen LogP contribution in [0.25, 0.3) is 0 Å². The minimum Gasteiger partial charge on any atom is -0.508 e. The van der Waals surface area contributed by atoms with Crippen LogP contribution < -0.4 is 9.64 Å². The number of benzene rings is 4. The molecule has 2 atom stereocenters. The van der Waals surface area contributed by atoms with Crippen molar-refractivity contribution in [2.45, 2.75) is 98.1 Å². The number of hydrogen-bond donors (Lipinski definition) is 0. The van der Waals surface area contributed by atoms with Crippen LogP contribution in [0.2, 0.25) is 0 Å². The van der Waals surface area contributed by atoms with Crippen LogP contribution in [0.4, 0.5) is 17.2 Å². The van der Waals surface area contributed by atoms with Crippen molar-refractivity contribution < 1.29 is 30.5 Å². The quantitative estimate of drug-likeness (QED) is 0.160. The molecule has 0 unspecified atom stereocenters. The molecule has 5 nitrogen and oxygen atoms in total. The number of rotatable bonds is 6. The summed E-state index contributed by atoms with van der Waals surface area (Å²) < 4.78 is 13.6. The van der Waals surface area contributed by atoms with E-state index in [0.717, 1.165) is 45.0 Å². The molecule has 0 radical (unpaired) electrons. The molecular weight excluding hydrogens is 822 g/mol. The molecule has 0 N–H and O–H groups in total. The molecule has 0 bridgehead atoms. The van der Waals surface area contributed by atoms with Gasteiger partial charge in [-0.2, -0.15) is 6.07 Å². The van der Waals surface area contributed by atoms with Gasteiger partial charge in [0.1, 0.15) is 17.3 Å². The first-order chi connectivity index (χ1) is 24.0. The zero-order chi connectivity index (χ0) is 36.5. The Kier molecular flexibility index (Phi) is 9.62. The van der Waals surface area contributed by atoms with Crippen LogP contribution in [0.1, 0.15) is 101 Å². The number of fused-ring (bicyclic) bond motifs is 2. The van der Waals surface area contributed by atoms with Crippen molar-refractivity contribution in [1.29, 1.82) is 0 Å². The molecule has 2 aliphatic heterocycles. The predicted octanol–water partition coefficient (Wildman–Crippen LogP) is 11.6. The van der Waals surface area contributed by atoms with Gasteiger partial charge in [0.2, 0.25) is 0 Å². The molecule has 52 heavy (non-hydrogen) atoms. The molecule has 270 valence electrons. The third-order valence-corrected chi connectivity index (χ3v) is 11.4. The third kappa shape index (κ3) is 6.09. The molecule has 4 aromatic carbocycles. The fraction of sp³-hybridized carbons (Fsp3) is 0.348. The molecule has 0 amide bonds.